The summed E-state index contributed by atoms with van der Waals surface area (Å²) in [6, 6.07) is 12.6. The molecule has 1 heterocycles. The highest BCUT2D eigenvalue weighted by atomic mass is 32.2. The average molecular weight is 420 g/mol. The number of aromatic nitrogens is 1. The first-order valence-electron chi connectivity index (χ1n) is 8.31. The topological polar surface area (TPSA) is 102 Å². The molecular weight excluding hydrogens is 401 g/mol. The molecule has 2 aromatic carbocycles. The number of thiazole rings is 1. The van der Waals surface area contributed by atoms with Crippen LogP contribution in [0.2, 0.25) is 0 Å². The molecule has 0 bridgehead atoms. The van der Waals surface area contributed by atoms with Crippen molar-refractivity contribution in [1.29, 1.82) is 0 Å². The number of nitrogens with zero attached hydrogens (tertiary/aromatic N) is 1. The summed E-state index contributed by atoms with van der Waals surface area (Å²) in [5, 5.41) is 8.57. The molecule has 1 aromatic heterocycles. The lowest BCUT2D eigenvalue weighted by Crippen LogP contribution is -2.15. The second-order valence-corrected chi connectivity index (χ2v) is 8.99. The number of hydrogen-bond acceptors (Lipinski definition) is 5. The maximum atomic E-state index is 13.0. The largest absolute Gasteiger partial charge is 0.321 e. The second kappa shape index (κ2) is 8.17. The third-order valence-corrected chi connectivity index (χ3v) is 5.76. The molecule has 0 saturated carbocycles. The SMILES string of the molecule is Cc1nc(Cc2ccc(F)cc2)sc1C(=O)Nc1cccc(CS(N)(=O)=O)c1. The molecule has 0 unspecified atom stereocenters. The lowest BCUT2D eigenvalue weighted by atomic mass is 10.1. The van der Waals surface area contributed by atoms with Crippen molar-refractivity contribution in [3.63, 3.8) is 0 Å². The van der Waals surface area contributed by atoms with Gasteiger partial charge in [0.05, 0.1) is 16.5 Å². The lowest BCUT2D eigenvalue weighted by Gasteiger charge is -2.06. The Kier molecular flexibility index (Phi) is 5.87. The van der Waals surface area contributed by atoms with Gasteiger partial charge in [-0.25, -0.2) is 22.9 Å². The van der Waals surface area contributed by atoms with Crippen molar-refractivity contribution in [2.75, 3.05) is 5.32 Å². The fourth-order valence-corrected chi connectivity index (χ4v) is 4.31. The Balaban J connectivity index is 1.73. The summed E-state index contributed by atoms with van der Waals surface area (Å²) in [5.74, 6) is -0.935. The van der Waals surface area contributed by atoms with E-state index in [2.05, 4.69) is 10.3 Å². The number of nitrogens with two attached hydrogens (primary N) is 1. The Morgan fingerprint density at radius 1 is 1.18 bits per heavy atom. The summed E-state index contributed by atoms with van der Waals surface area (Å²) < 4.78 is 35.5. The molecule has 146 valence electrons. The number of sulfonamides is 1. The molecule has 28 heavy (non-hydrogen) atoms. The minimum atomic E-state index is -3.65. The highest BCUT2D eigenvalue weighted by Gasteiger charge is 2.16. The number of anilines is 1. The zero-order valence-electron chi connectivity index (χ0n) is 15.0. The lowest BCUT2D eigenvalue weighted by molar-refractivity contribution is 0.103. The van der Waals surface area contributed by atoms with Gasteiger partial charge in [0.1, 0.15) is 10.7 Å². The zero-order chi connectivity index (χ0) is 20.3. The quantitative estimate of drug-likeness (QED) is 0.640. The average Bonchev–Trinajstić information content (AvgIpc) is 2.96. The fourth-order valence-electron chi connectivity index (χ4n) is 2.67. The van der Waals surface area contributed by atoms with Gasteiger partial charge in [-0.05, 0) is 42.3 Å². The van der Waals surface area contributed by atoms with Crippen LogP contribution in [0.3, 0.4) is 0 Å². The maximum absolute atomic E-state index is 13.0. The van der Waals surface area contributed by atoms with Crippen LogP contribution in [0.1, 0.15) is 31.5 Å². The number of amides is 1. The van der Waals surface area contributed by atoms with E-state index in [0.29, 0.717) is 28.2 Å². The van der Waals surface area contributed by atoms with Gasteiger partial charge in [0.25, 0.3) is 5.91 Å². The van der Waals surface area contributed by atoms with Crippen LogP contribution in [0.25, 0.3) is 0 Å². The van der Waals surface area contributed by atoms with E-state index in [1.54, 1.807) is 43.3 Å². The van der Waals surface area contributed by atoms with Gasteiger partial charge in [0.15, 0.2) is 0 Å². The van der Waals surface area contributed by atoms with Crippen LogP contribution in [0.15, 0.2) is 48.5 Å². The van der Waals surface area contributed by atoms with Crippen LogP contribution in [0.5, 0.6) is 0 Å². The number of hydrogen-bond donors (Lipinski definition) is 2. The van der Waals surface area contributed by atoms with E-state index in [4.69, 9.17) is 5.14 Å². The molecule has 9 heteroatoms. The number of nitrogens with one attached hydrogen (secondary N) is 1. The Morgan fingerprint density at radius 3 is 2.57 bits per heavy atom. The predicted octanol–water partition coefficient (Wildman–Crippen LogP) is 3.22. The van der Waals surface area contributed by atoms with Gasteiger partial charge >= 0.3 is 0 Å². The molecular formula is C19H18FN3O3S2. The number of aryl methyl sites for hydroxylation is 1. The van der Waals surface area contributed by atoms with Crippen LogP contribution in [0.4, 0.5) is 10.1 Å². The second-order valence-electron chi connectivity index (χ2n) is 6.29. The van der Waals surface area contributed by atoms with E-state index >= 15 is 0 Å². The molecule has 1 amide bonds. The van der Waals surface area contributed by atoms with Crippen molar-refractivity contribution in [3.05, 3.63) is 81.1 Å². The number of carbonyl (C=O) groups excluding carboxylic acids is 1. The van der Waals surface area contributed by atoms with Crippen molar-refractivity contribution < 1.29 is 17.6 Å². The standard InChI is InChI=1S/C19H18FN3O3S2/c1-12-18(27-17(22-12)10-13-5-7-15(20)8-6-13)19(24)23-16-4-2-3-14(9-16)11-28(21,25)26/h2-9H,10-11H2,1H3,(H,23,24)(H2,21,25,26). The van der Waals surface area contributed by atoms with Crippen molar-refractivity contribution >= 4 is 33.0 Å². The summed E-state index contributed by atoms with van der Waals surface area (Å²) in [6.07, 6.45) is 0.503. The van der Waals surface area contributed by atoms with Gasteiger partial charge in [0.2, 0.25) is 10.0 Å². The predicted molar refractivity (Wildman–Crippen MR) is 107 cm³/mol. The Labute approximate surface area is 166 Å². The van der Waals surface area contributed by atoms with Gasteiger partial charge in [-0.2, -0.15) is 0 Å². The number of benzene rings is 2. The summed E-state index contributed by atoms with van der Waals surface area (Å²) in [5.41, 5.74) is 2.45. The fraction of sp³-hybridized carbons (Fsp3) is 0.158. The van der Waals surface area contributed by atoms with Crippen LogP contribution in [-0.4, -0.2) is 19.3 Å². The molecule has 3 aromatic rings. The normalized spacial score (nSPS) is 11.4. The van der Waals surface area contributed by atoms with Gasteiger partial charge in [0, 0.05) is 12.1 Å². The first kappa shape index (κ1) is 20.1. The monoisotopic (exact) mass is 419 g/mol. The van der Waals surface area contributed by atoms with E-state index in [9.17, 15) is 17.6 Å². The molecule has 0 radical (unpaired) electrons. The molecule has 0 fully saturated rings. The summed E-state index contributed by atoms with van der Waals surface area (Å²) in [4.78, 5) is 17.5. The van der Waals surface area contributed by atoms with E-state index in [1.165, 1.54) is 23.5 Å². The van der Waals surface area contributed by atoms with E-state index < -0.39 is 10.0 Å². The minimum absolute atomic E-state index is 0.302. The molecule has 0 atom stereocenters. The number of primary sulfonamides is 1. The van der Waals surface area contributed by atoms with Gasteiger partial charge in [-0.1, -0.05) is 24.3 Å². The van der Waals surface area contributed by atoms with E-state index in [-0.39, 0.29) is 17.5 Å². The van der Waals surface area contributed by atoms with E-state index in [0.717, 1.165) is 10.6 Å². The summed E-state index contributed by atoms with van der Waals surface area (Å²) in [7, 11) is -3.65. The van der Waals surface area contributed by atoms with Crippen molar-refractivity contribution in [2.45, 2.75) is 19.1 Å². The minimum Gasteiger partial charge on any atom is -0.321 e. The first-order valence-corrected chi connectivity index (χ1v) is 10.8. The zero-order valence-corrected chi connectivity index (χ0v) is 16.6. The Hall–Kier alpha value is -2.62. The molecule has 0 aliphatic carbocycles. The van der Waals surface area contributed by atoms with Crippen LogP contribution < -0.4 is 10.5 Å². The van der Waals surface area contributed by atoms with Crippen molar-refractivity contribution in [1.82, 2.24) is 4.98 Å². The van der Waals surface area contributed by atoms with Gasteiger partial charge in [-0.3, -0.25) is 4.79 Å². The summed E-state index contributed by atoms with van der Waals surface area (Å²) in [6.45, 7) is 1.75. The Morgan fingerprint density at radius 2 is 1.89 bits per heavy atom. The molecule has 0 aliphatic heterocycles. The molecule has 6 nitrogen and oxygen atoms in total. The Bertz CT molecular complexity index is 1110. The van der Waals surface area contributed by atoms with Crippen molar-refractivity contribution in [2.24, 2.45) is 5.14 Å². The van der Waals surface area contributed by atoms with Gasteiger partial charge < -0.3 is 5.32 Å². The van der Waals surface area contributed by atoms with Crippen LogP contribution >= 0.6 is 11.3 Å². The summed E-state index contributed by atoms with van der Waals surface area (Å²) >= 11 is 1.27. The molecule has 0 aliphatic rings. The number of carbonyl (C=O) groups is 1. The van der Waals surface area contributed by atoms with Crippen LogP contribution in [0, 0.1) is 12.7 Å². The van der Waals surface area contributed by atoms with Crippen LogP contribution in [-0.2, 0) is 22.2 Å². The number of halogens is 1. The maximum Gasteiger partial charge on any atom is 0.267 e. The number of rotatable bonds is 6. The smallest absolute Gasteiger partial charge is 0.267 e. The van der Waals surface area contributed by atoms with Crippen molar-refractivity contribution in [3.8, 4) is 0 Å². The highest BCUT2D eigenvalue weighted by Crippen LogP contribution is 2.23. The van der Waals surface area contributed by atoms with E-state index in [1.807, 2.05) is 0 Å². The first-order chi connectivity index (χ1) is 13.2. The molecule has 0 spiro atoms. The highest BCUT2D eigenvalue weighted by molar-refractivity contribution is 7.88. The third-order valence-electron chi connectivity index (χ3n) is 3.87. The van der Waals surface area contributed by atoms with Gasteiger partial charge in [-0.15, -0.1) is 11.3 Å². The molecule has 3 rings (SSSR count). The third kappa shape index (κ3) is 5.44. The molecule has 0 saturated heterocycles. The molecule has 3 N–H and O–H groups in total.